The van der Waals surface area contributed by atoms with Gasteiger partial charge in [0, 0.05) is 13.1 Å². The summed E-state index contributed by atoms with van der Waals surface area (Å²) in [4.78, 5) is 10.7. The second-order valence-electron chi connectivity index (χ2n) is 4.88. The van der Waals surface area contributed by atoms with Gasteiger partial charge in [0.25, 0.3) is 0 Å². The second-order valence-corrected chi connectivity index (χ2v) is 5.83. The quantitative estimate of drug-likeness (QED) is 0.841. The molecule has 0 unspecified atom stereocenters. The normalized spacial score (nSPS) is 14.7. The molecule has 1 aliphatic carbocycles. The van der Waals surface area contributed by atoms with Crippen molar-refractivity contribution in [2.45, 2.75) is 31.0 Å². The molecule has 0 spiro atoms. The fraction of sp³-hybridized carbons (Fsp3) is 0.500. The minimum absolute atomic E-state index is 0.00469. The van der Waals surface area contributed by atoms with Crippen LogP contribution >= 0.6 is 11.8 Å². The van der Waals surface area contributed by atoms with E-state index >= 15 is 0 Å². The summed E-state index contributed by atoms with van der Waals surface area (Å²) >= 11 is 1.21. The zero-order valence-electron chi connectivity index (χ0n) is 11.3. The Bertz CT molecular complexity index is 659. The van der Waals surface area contributed by atoms with Gasteiger partial charge in [0.05, 0.1) is 11.4 Å². The van der Waals surface area contributed by atoms with Gasteiger partial charge in [-0.25, -0.2) is 0 Å². The molecule has 7 nitrogen and oxygen atoms in total. The van der Waals surface area contributed by atoms with E-state index in [1.54, 1.807) is 4.68 Å². The lowest BCUT2D eigenvalue weighted by Gasteiger charge is -2.07. The first-order chi connectivity index (χ1) is 9.56. The third-order valence-electron chi connectivity index (χ3n) is 3.13. The van der Waals surface area contributed by atoms with Gasteiger partial charge in [-0.2, -0.15) is 5.10 Å². The van der Waals surface area contributed by atoms with Crippen LogP contribution in [0.15, 0.2) is 11.2 Å². The van der Waals surface area contributed by atoms with Crippen molar-refractivity contribution in [1.82, 2.24) is 24.5 Å². The predicted octanol–water partition coefficient (Wildman–Crippen LogP) is 1.50. The van der Waals surface area contributed by atoms with Crippen molar-refractivity contribution in [3.63, 3.8) is 0 Å². The largest absolute Gasteiger partial charge is 0.481 e. The molecule has 1 fully saturated rings. The van der Waals surface area contributed by atoms with Crippen LogP contribution < -0.4 is 0 Å². The van der Waals surface area contributed by atoms with E-state index in [0.29, 0.717) is 11.2 Å². The molecular weight excluding hydrogens is 278 g/mol. The van der Waals surface area contributed by atoms with Crippen LogP contribution in [0.3, 0.4) is 0 Å². The summed E-state index contributed by atoms with van der Waals surface area (Å²) in [5, 5.41) is 22.2. The molecule has 0 amide bonds. The number of nitrogens with zero attached hydrogens (tertiary/aromatic N) is 5. The third-order valence-corrected chi connectivity index (χ3v) is 4.06. The highest BCUT2D eigenvalue weighted by atomic mass is 32.2. The number of carboxylic acid groups (broad SMARTS) is 1. The monoisotopic (exact) mass is 293 g/mol. The minimum atomic E-state index is -0.849. The minimum Gasteiger partial charge on any atom is -0.481 e. The number of aliphatic carboxylic acids is 1. The number of carbonyl (C=O) groups is 1. The SMILES string of the molecule is Cc1cc(-c2nnc(SCC(=O)O)n2C2CC2)n(C)n1. The van der Waals surface area contributed by atoms with Crippen molar-refractivity contribution in [3.05, 3.63) is 11.8 Å². The van der Waals surface area contributed by atoms with Crippen LogP contribution in [0.25, 0.3) is 11.5 Å². The maximum atomic E-state index is 10.7. The Morgan fingerprint density at radius 3 is 2.80 bits per heavy atom. The molecule has 20 heavy (non-hydrogen) atoms. The molecule has 2 aromatic rings. The van der Waals surface area contributed by atoms with E-state index in [2.05, 4.69) is 15.3 Å². The van der Waals surface area contributed by atoms with Crippen LogP contribution in [0.4, 0.5) is 0 Å². The Hall–Kier alpha value is -1.83. The average Bonchev–Trinajstić information content (AvgIpc) is 3.04. The van der Waals surface area contributed by atoms with E-state index in [4.69, 9.17) is 5.11 Å². The first-order valence-corrected chi connectivity index (χ1v) is 7.35. The highest BCUT2D eigenvalue weighted by Gasteiger charge is 2.31. The number of aryl methyl sites for hydroxylation is 2. The highest BCUT2D eigenvalue weighted by molar-refractivity contribution is 7.99. The molecule has 2 aromatic heterocycles. The summed E-state index contributed by atoms with van der Waals surface area (Å²) < 4.78 is 3.83. The number of hydrogen-bond acceptors (Lipinski definition) is 5. The molecule has 0 saturated heterocycles. The van der Waals surface area contributed by atoms with Crippen molar-refractivity contribution in [2.24, 2.45) is 7.05 Å². The summed E-state index contributed by atoms with van der Waals surface area (Å²) in [6, 6.07) is 2.35. The molecule has 106 valence electrons. The number of carboxylic acids is 1. The average molecular weight is 293 g/mol. The van der Waals surface area contributed by atoms with Crippen molar-refractivity contribution in [3.8, 4) is 11.5 Å². The Morgan fingerprint density at radius 2 is 2.25 bits per heavy atom. The Balaban J connectivity index is 1.99. The summed E-state index contributed by atoms with van der Waals surface area (Å²) in [5.41, 5.74) is 1.83. The van der Waals surface area contributed by atoms with E-state index in [-0.39, 0.29) is 5.75 Å². The summed E-state index contributed by atoms with van der Waals surface area (Å²) in [5.74, 6) is -0.0864. The fourth-order valence-corrected chi connectivity index (χ4v) is 2.88. The summed E-state index contributed by atoms with van der Waals surface area (Å²) in [6.07, 6.45) is 2.17. The standard InChI is InChI=1S/C12H15N5O2S/c1-7-5-9(16(2)15-7)11-13-14-12(20-6-10(18)19)17(11)8-3-4-8/h5,8H,3-4,6H2,1-2H3,(H,18,19). The zero-order valence-corrected chi connectivity index (χ0v) is 12.1. The maximum Gasteiger partial charge on any atom is 0.313 e. The van der Waals surface area contributed by atoms with Gasteiger partial charge in [-0.05, 0) is 25.8 Å². The van der Waals surface area contributed by atoms with Crippen LogP contribution in [0.1, 0.15) is 24.6 Å². The predicted molar refractivity (Wildman–Crippen MR) is 73.6 cm³/mol. The number of thioether (sulfide) groups is 1. The van der Waals surface area contributed by atoms with Crippen LogP contribution in [-0.4, -0.2) is 41.4 Å². The van der Waals surface area contributed by atoms with Crippen molar-refractivity contribution < 1.29 is 9.90 Å². The van der Waals surface area contributed by atoms with Gasteiger partial charge in [-0.1, -0.05) is 11.8 Å². The molecule has 3 rings (SSSR count). The number of rotatable bonds is 5. The molecule has 1 aliphatic rings. The highest BCUT2D eigenvalue weighted by Crippen LogP contribution is 2.40. The van der Waals surface area contributed by atoms with Gasteiger partial charge in [-0.3, -0.25) is 14.0 Å². The molecule has 1 N–H and O–H groups in total. The number of hydrogen-bond donors (Lipinski definition) is 1. The lowest BCUT2D eigenvalue weighted by Crippen LogP contribution is -2.05. The molecule has 0 bridgehead atoms. The Kier molecular flexibility index (Phi) is 3.25. The molecule has 0 atom stereocenters. The summed E-state index contributed by atoms with van der Waals surface area (Å²) in [7, 11) is 1.87. The van der Waals surface area contributed by atoms with Crippen LogP contribution in [0, 0.1) is 6.92 Å². The molecule has 0 aromatic carbocycles. The van der Waals surface area contributed by atoms with Gasteiger partial charge in [0.15, 0.2) is 11.0 Å². The molecular formula is C12H15N5O2S. The van der Waals surface area contributed by atoms with Gasteiger partial charge in [-0.15, -0.1) is 10.2 Å². The molecule has 0 radical (unpaired) electrons. The first-order valence-electron chi connectivity index (χ1n) is 6.36. The second kappa shape index (κ2) is 4.93. The van der Waals surface area contributed by atoms with Gasteiger partial charge in [0.1, 0.15) is 5.69 Å². The van der Waals surface area contributed by atoms with Gasteiger partial charge < -0.3 is 5.11 Å². The smallest absolute Gasteiger partial charge is 0.313 e. The van der Waals surface area contributed by atoms with Crippen LogP contribution in [0.2, 0.25) is 0 Å². The number of aromatic nitrogens is 5. The molecule has 0 aliphatic heterocycles. The van der Waals surface area contributed by atoms with Crippen molar-refractivity contribution in [1.29, 1.82) is 0 Å². The molecule has 8 heteroatoms. The van der Waals surface area contributed by atoms with E-state index in [1.165, 1.54) is 11.8 Å². The van der Waals surface area contributed by atoms with E-state index < -0.39 is 5.97 Å². The maximum absolute atomic E-state index is 10.7. The fourth-order valence-electron chi connectivity index (χ4n) is 2.16. The van der Waals surface area contributed by atoms with Crippen molar-refractivity contribution >= 4 is 17.7 Å². The van der Waals surface area contributed by atoms with Crippen LogP contribution in [0.5, 0.6) is 0 Å². The lowest BCUT2D eigenvalue weighted by atomic mass is 10.3. The van der Waals surface area contributed by atoms with Gasteiger partial charge >= 0.3 is 5.97 Å². The molecule has 1 saturated carbocycles. The van der Waals surface area contributed by atoms with Gasteiger partial charge in [0.2, 0.25) is 0 Å². The van der Waals surface area contributed by atoms with E-state index in [0.717, 1.165) is 30.1 Å². The molecule has 2 heterocycles. The van der Waals surface area contributed by atoms with Crippen molar-refractivity contribution in [2.75, 3.05) is 5.75 Å². The van der Waals surface area contributed by atoms with E-state index in [1.807, 2.05) is 24.6 Å². The Labute approximate surface area is 120 Å². The Morgan fingerprint density at radius 1 is 1.50 bits per heavy atom. The lowest BCUT2D eigenvalue weighted by molar-refractivity contribution is -0.133. The topological polar surface area (TPSA) is 85.8 Å². The summed E-state index contributed by atoms with van der Waals surface area (Å²) in [6.45, 7) is 1.93. The van der Waals surface area contributed by atoms with E-state index in [9.17, 15) is 4.79 Å². The van der Waals surface area contributed by atoms with Crippen LogP contribution in [-0.2, 0) is 11.8 Å². The third kappa shape index (κ3) is 2.43. The zero-order chi connectivity index (χ0) is 14.3. The first kappa shape index (κ1) is 13.2.